The molecule has 2 aromatic heterocycles. The lowest BCUT2D eigenvalue weighted by molar-refractivity contribution is -0.274. The molecular formula is C20H23F3N4O5S. The number of fused-ring (bicyclic) bond motifs is 1. The Balaban J connectivity index is 1.93. The minimum atomic E-state index is -4.84. The minimum absolute atomic E-state index is 0.00820. The van der Waals surface area contributed by atoms with Gasteiger partial charge in [0.25, 0.3) is 5.56 Å². The van der Waals surface area contributed by atoms with Crippen LogP contribution in [0.5, 0.6) is 11.5 Å². The van der Waals surface area contributed by atoms with E-state index in [9.17, 15) is 27.0 Å². The number of unbranched alkanes of at least 4 members (excludes halogenated alkanes) is 2. The van der Waals surface area contributed by atoms with Gasteiger partial charge in [0.1, 0.15) is 16.9 Å². The van der Waals surface area contributed by atoms with Crippen LogP contribution in [0.15, 0.2) is 40.1 Å². The van der Waals surface area contributed by atoms with Gasteiger partial charge in [0.2, 0.25) is 0 Å². The van der Waals surface area contributed by atoms with Crippen molar-refractivity contribution in [1.82, 2.24) is 18.3 Å². The van der Waals surface area contributed by atoms with Gasteiger partial charge in [0.15, 0.2) is 5.65 Å². The molecule has 1 aromatic carbocycles. The molecule has 0 saturated carbocycles. The van der Waals surface area contributed by atoms with Crippen LogP contribution in [-0.2, 0) is 24.4 Å². The molecule has 0 radical (unpaired) electrons. The maximum atomic E-state index is 12.9. The Morgan fingerprint density at radius 2 is 1.55 bits per heavy atom. The molecule has 0 aliphatic rings. The molecule has 0 amide bonds. The summed E-state index contributed by atoms with van der Waals surface area (Å²) in [6, 6.07) is 4.32. The summed E-state index contributed by atoms with van der Waals surface area (Å²) >= 11 is -2.25. The molecule has 1 atom stereocenters. The van der Waals surface area contributed by atoms with Crippen molar-refractivity contribution in [1.29, 1.82) is 0 Å². The van der Waals surface area contributed by atoms with E-state index in [4.69, 9.17) is 4.18 Å². The zero-order valence-corrected chi connectivity index (χ0v) is 18.8. The Morgan fingerprint density at radius 1 is 0.970 bits per heavy atom. The molecule has 180 valence electrons. The Kier molecular flexibility index (Phi) is 7.61. The molecule has 13 heteroatoms. The summed E-state index contributed by atoms with van der Waals surface area (Å²) in [5.41, 5.74) is -0.920. The lowest BCUT2D eigenvalue weighted by atomic mass is 10.3. The highest BCUT2D eigenvalue weighted by atomic mass is 32.2. The molecular weight excluding hydrogens is 465 g/mol. The fourth-order valence-electron chi connectivity index (χ4n) is 3.09. The largest absolute Gasteiger partial charge is 0.573 e. The summed E-state index contributed by atoms with van der Waals surface area (Å²) in [4.78, 5) is 25.8. The van der Waals surface area contributed by atoms with E-state index in [1.165, 1.54) is 10.8 Å². The summed E-state index contributed by atoms with van der Waals surface area (Å²) in [6.45, 7) is 4.50. The molecule has 0 aliphatic heterocycles. The van der Waals surface area contributed by atoms with E-state index in [-0.39, 0.29) is 23.3 Å². The predicted molar refractivity (Wildman–Crippen MR) is 115 cm³/mol. The van der Waals surface area contributed by atoms with Crippen LogP contribution in [0.25, 0.3) is 11.0 Å². The number of hydrogen-bond donors (Lipinski definition) is 0. The van der Waals surface area contributed by atoms with Crippen molar-refractivity contribution in [2.75, 3.05) is 0 Å². The van der Waals surface area contributed by atoms with Crippen LogP contribution in [0.4, 0.5) is 13.2 Å². The fourth-order valence-corrected chi connectivity index (χ4v) is 3.78. The van der Waals surface area contributed by atoms with E-state index in [1.54, 1.807) is 0 Å². The standard InChI is InChI=1S/C20H23F3N4O5S/c1-3-5-11-25-17-16(18(28)26(19(25)29)12-6-4-2)13-27(24-17)33(30)32-15-9-7-14(8-10-15)31-20(21,22)23/h7-10,13H,3-6,11-12H2,1-2H3. The molecule has 1 unspecified atom stereocenters. The molecule has 3 aromatic rings. The predicted octanol–water partition coefficient (Wildman–Crippen LogP) is 3.36. The first-order valence-electron chi connectivity index (χ1n) is 10.3. The second-order valence-electron chi connectivity index (χ2n) is 7.19. The van der Waals surface area contributed by atoms with Crippen LogP contribution in [0.2, 0.25) is 0 Å². The lowest BCUT2D eigenvalue weighted by Crippen LogP contribution is -2.40. The molecule has 0 aliphatic carbocycles. The highest BCUT2D eigenvalue weighted by Gasteiger charge is 2.31. The van der Waals surface area contributed by atoms with E-state index in [0.29, 0.717) is 19.4 Å². The highest BCUT2D eigenvalue weighted by molar-refractivity contribution is 7.78. The van der Waals surface area contributed by atoms with Crippen molar-refractivity contribution in [3.8, 4) is 11.5 Å². The molecule has 0 spiro atoms. The van der Waals surface area contributed by atoms with Gasteiger partial charge in [-0.05, 0) is 37.1 Å². The SMILES string of the molecule is CCCCn1c(=O)c2cn(S(=O)Oc3ccc(OC(F)(F)F)cc3)nc2n(CCCC)c1=O. The number of aryl methyl sites for hydroxylation is 1. The maximum absolute atomic E-state index is 12.9. The van der Waals surface area contributed by atoms with Gasteiger partial charge in [-0.15, -0.1) is 18.3 Å². The van der Waals surface area contributed by atoms with Crippen LogP contribution in [0.3, 0.4) is 0 Å². The Morgan fingerprint density at radius 3 is 2.12 bits per heavy atom. The molecule has 2 heterocycles. The average molecular weight is 488 g/mol. The third-order valence-electron chi connectivity index (χ3n) is 4.71. The van der Waals surface area contributed by atoms with Crippen LogP contribution in [0.1, 0.15) is 39.5 Å². The summed E-state index contributed by atoms with van der Waals surface area (Å²) in [6.07, 6.45) is -0.669. The summed E-state index contributed by atoms with van der Waals surface area (Å²) in [7, 11) is 0. The van der Waals surface area contributed by atoms with E-state index in [2.05, 4.69) is 9.84 Å². The minimum Gasteiger partial charge on any atom is -0.406 e. The van der Waals surface area contributed by atoms with Crippen molar-refractivity contribution in [2.45, 2.75) is 59.0 Å². The number of ether oxygens (including phenoxy) is 1. The second-order valence-corrected chi connectivity index (χ2v) is 8.16. The van der Waals surface area contributed by atoms with Gasteiger partial charge in [-0.3, -0.25) is 13.9 Å². The second kappa shape index (κ2) is 10.2. The van der Waals surface area contributed by atoms with E-state index in [1.807, 2.05) is 13.8 Å². The topological polar surface area (TPSA) is 97.3 Å². The fraction of sp³-hybridized carbons (Fsp3) is 0.450. The summed E-state index contributed by atoms with van der Waals surface area (Å²) in [5, 5.41) is 4.26. The van der Waals surface area contributed by atoms with Crippen molar-refractivity contribution in [3.05, 3.63) is 51.3 Å². The number of benzene rings is 1. The zero-order chi connectivity index (χ0) is 24.2. The summed E-state index contributed by atoms with van der Waals surface area (Å²) in [5.74, 6) is -0.468. The first-order chi connectivity index (χ1) is 15.6. The smallest absolute Gasteiger partial charge is 0.406 e. The van der Waals surface area contributed by atoms with Gasteiger partial charge in [0.05, 0.1) is 6.20 Å². The molecule has 0 bridgehead atoms. The number of aromatic nitrogens is 4. The van der Waals surface area contributed by atoms with Gasteiger partial charge in [-0.25, -0.2) is 4.79 Å². The third kappa shape index (κ3) is 5.83. The Hall–Kier alpha value is -3.09. The van der Waals surface area contributed by atoms with Crippen molar-refractivity contribution in [3.63, 3.8) is 0 Å². The number of nitrogens with zero attached hydrogens (tertiary/aromatic N) is 4. The maximum Gasteiger partial charge on any atom is 0.573 e. The number of rotatable bonds is 10. The van der Waals surface area contributed by atoms with Crippen molar-refractivity contribution < 1.29 is 26.3 Å². The molecule has 0 fully saturated rings. The van der Waals surface area contributed by atoms with Gasteiger partial charge >= 0.3 is 23.3 Å². The van der Waals surface area contributed by atoms with Gasteiger partial charge in [0, 0.05) is 13.1 Å². The Labute approximate surface area is 189 Å². The van der Waals surface area contributed by atoms with Crippen LogP contribution in [0, 0.1) is 0 Å². The third-order valence-corrected chi connectivity index (χ3v) is 5.54. The molecule has 9 nitrogen and oxygen atoms in total. The number of alkyl halides is 3. The first-order valence-corrected chi connectivity index (χ1v) is 11.4. The van der Waals surface area contributed by atoms with Gasteiger partial charge in [-0.1, -0.05) is 26.7 Å². The van der Waals surface area contributed by atoms with Crippen molar-refractivity contribution >= 4 is 22.3 Å². The van der Waals surface area contributed by atoms with E-state index >= 15 is 0 Å². The van der Waals surface area contributed by atoms with Gasteiger partial charge in [-0.2, -0.15) is 8.30 Å². The highest BCUT2D eigenvalue weighted by Crippen LogP contribution is 2.25. The monoisotopic (exact) mass is 488 g/mol. The lowest BCUT2D eigenvalue weighted by Gasteiger charge is -2.10. The Bertz CT molecular complexity index is 1250. The normalized spacial score (nSPS) is 12.8. The quantitative estimate of drug-likeness (QED) is 0.434. The van der Waals surface area contributed by atoms with Gasteiger partial charge < -0.3 is 8.92 Å². The van der Waals surface area contributed by atoms with Crippen LogP contribution >= 0.6 is 0 Å². The van der Waals surface area contributed by atoms with E-state index in [0.717, 1.165) is 45.8 Å². The molecule has 0 N–H and O–H groups in total. The number of hydrogen-bond acceptors (Lipinski definition) is 6. The summed E-state index contributed by atoms with van der Waals surface area (Å²) < 4.78 is 61.9. The average Bonchev–Trinajstić information content (AvgIpc) is 3.20. The first kappa shape index (κ1) is 24.6. The zero-order valence-electron chi connectivity index (χ0n) is 18.0. The molecule has 3 rings (SSSR count). The number of halogens is 3. The van der Waals surface area contributed by atoms with Crippen LogP contribution in [-0.4, -0.2) is 28.9 Å². The molecule has 0 saturated heterocycles. The molecule has 33 heavy (non-hydrogen) atoms. The van der Waals surface area contributed by atoms with Crippen molar-refractivity contribution in [2.24, 2.45) is 0 Å². The van der Waals surface area contributed by atoms with Crippen LogP contribution < -0.4 is 20.2 Å². The van der Waals surface area contributed by atoms with E-state index < -0.39 is 34.6 Å².